The molecule has 13 heavy (non-hydrogen) atoms. The van der Waals surface area contributed by atoms with Crippen LogP contribution >= 0.6 is 11.6 Å². The van der Waals surface area contributed by atoms with Gasteiger partial charge in [-0.3, -0.25) is 14.9 Å². The summed E-state index contributed by atoms with van der Waals surface area (Å²) in [5.41, 5.74) is 5.36. The first-order chi connectivity index (χ1) is 6.06. The maximum atomic E-state index is 11.1. The number of nitrogens with two attached hydrogens (primary N) is 1. The van der Waals surface area contributed by atoms with Gasteiger partial charge in [0.2, 0.25) is 5.91 Å². The Kier molecular flexibility index (Phi) is 2.84. The van der Waals surface area contributed by atoms with Gasteiger partial charge in [-0.25, -0.2) is 4.79 Å². The van der Waals surface area contributed by atoms with E-state index in [0.717, 1.165) is 0 Å². The molecule has 1 aliphatic rings. The molecule has 6 nitrogen and oxygen atoms in total. The van der Waals surface area contributed by atoms with Crippen LogP contribution in [0.3, 0.4) is 0 Å². The number of carbonyl (C=O) groups excluding carboxylic acids is 3. The second kappa shape index (κ2) is 3.71. The van der Waals surface area contributed by atoms with Crippen molar-refractivity contribution in [3.8, 4) is 0 Å². The van der Waals surface area contributed by atoms with Crippen molar-refractivity contribution in [1.82, 2.24) is 10.6 Å². The molecule has 1 rings (SSSR count). The predicted octanol–water partition coefficient (Wildman–Crippen LogP) is -1.47. The summed E-state index contributed by atoms with van der Waals surface area (Å²) in [6.45, 7) is 0. The number of urea groups is 1. The average Bonchev–Trinajstić information content (AvgIpc) is 2.02. The number of halogens is 1. The lowest BCUT2D eigenvalue weighted by Crippen LogP contribution is -2.63. The SMILES string of the molecule is NC1NC(=O)NC(=O)C1C(=O)CCl. The Labute approximate surface area is 78.8 Å². The first kappa shape index (κ1) is 9.94. The Balaban J connectivity index is 2.78. The van der Waals surface area contributed by atoms with Gasteiger partial charge < -0.3 is 11.1 Å². The van der Waals surface area contributed by atoms with Crippen LogP contribution in [0.1, 0.15) is 0 Å². The van der Waals surface area contributed by atoms with Gasteiger partial charge in [0.15, 0.2) is 5.78 Å². The number of ketones is 1. The van der Waals surface area contributed by atoms with Crippen LogP contribution in [-0.4, -0.2) is 29.8 Å². The first-order valence-corrected chi connectivity index (χ1v) is 4.05. The highest BCUT2D eigenvalue weighted by molar-refractivity contribution is 6.30. The molecule has 0 aromatic rings. The molecule has 1 heterocycles. The fourth-order valence-electron chi connectivity index (χ4n) is 1.05. The van der Waals surface area contributed by atoms with Crippen LogP contribution in [-0.2, 0) is 9.59 Å². The number of carbonyl (C=O) groups is 3. The van der Waals surface area contributed by atoms with Crippen LogP contribution in [0.5, 0.6) is 0 Å². The number of rotatable bonds is 2. The van der Waals surface area contributed by atoms with E-state index in [0.29, 0.717) is 0 Å². The summed E-state index contributed by atoms with van der Waals surface area (Å²) >= 11 is 5.25. The fourth-order valence-corrected chi connectivity index (χ4v) is 1.22. The number of nitrogens with one attached hydrogen (secondary N) is 2. The van der Waals surface area contributed by atoms with Gasteiger partial charge in [-0.1, -0.05) is 0 Å². The molecular formula is C6H8ClN3O3. The average molecular weight is 206 g/mol. The minimum atomic E-state index is -1.09. The van der Waals surface area contributed by atoms with Crippen LogP contribution in [0.2, 0.25) is 0 Å². The zero-order valence-electron chi connectivity index (χ0n) is 6.54. The van der Waals surface area contributed by atoms with Gasteiger partial charge in [0.25, 0.3) is 0 Å². The normalized spacial score (nSPS) is 27.8. The third-order valence-electron chi connectivity index (χ3n) is 1.65. The smallest absolute Gasteiger partial charge is 0.321 e. The van der Waals surface area contributed by atoms with Crippen molar-refractivity contribution < 1.29 is 14.4 Å². The van der Waals surface area contributed by atoms with Crippen molar-refractivity contribution in [3.63, 3.8) is 0 Å². The van der Waals surface area contributed by atoms with Crippen LogP contribution in [0.4, 0.5) is 4.79 Å². The number of hydrogen-bond donors (Lipinski definition) is 3. The van der Waals surface area contributed by atoms with Crippen LogP contribution in [0.15, 0.2) is 0 Å². The molecule has 0 saturated carbocycles. The predicted molar refractivity (Wildman–Crippen MR) is 43.9 cm³/mol. The van der Waals surface area contributed by atoms with Gasteiger partial charge in [0.1, 0.15) is 5.92 Å². The van der Waals surface area contributed by atoms with E-state index in [9.17, 15) is 14.4 Å². The van der Waals surface area contributed by atoms with E-state index in [-0.39, 0.29) is 5.88 Å². The highest BCUT2D eigenvalue weighted by Crippen LogP contribution is 2.07. The Morgan fingerprint density at radius 2 is 2.15 bits per heavy atom. The van der Waals surface area contributed by atoms with Crippen LogP contribution in [0, 0.1) is 5.92 Å². The molecule has 2 unspecified atom stereocenters. The fraction of sp³-hybridized carbons (Fsp3) is 0.500. The van der Waals surface area contributed by atoms with Crippen LogP contribution in [0.25, 0.3) is 0 Å². The Bertz CT molecular complexity index is 268. The van der Waals surface area contributed by atoms with Crippen molar-refractivity contribution in [2.24, 2.45) is 11.7 Å². The monoisotopic (exact) mass is 205 g/mol. The quantitative estimate of drug-likeness (QED) is 0.379. The molecule has 1 saturated heterocycles. The van der Waals surface area contributed by atoms with E-state index in [1.54, 1.807) is 0 Å². The van der Waals surface area contributed by atoms with Gasteiger partial charge in [0.05, 0.1) is 12.0 Å². The maximum Gasteiger partial charge on any atom is 0.322 e. The Hall–Kier alpha value is -1.14. The molecule has 7 heteroatoms. The second-order valence-electron chi connectivity index (χ2n) is 2.57. The Morgan fingerprint density at radius 3 is 2.62 bits per heavy atom. The molecule has 2 atom stereocenters. The minimum absolute atomic E-state index is 0.304. The summed E-state index contributed by atoms with van der Waals surface area (Å²) < 4.78 is 0. The molecule has 1 fully saturated rings. The molecule has 3 amide bonds. The van der Waals surface area contributed by atoms with E-state index in [2.05, 4.69) is 5.32 Å². The lowest BCUT2D eigenvalue weighted by atomic mass is 9.99. The minimum Gasteiger partial charge on any atom is -0.321 e. The van der Waals surface area contributed by atoms with Crippen molar-refractivity contribution in [3.05, 3.63) is 0 Å². The molecule has 0 bridgehead atoms. The van der Waals surface area contributed by atoms with E-state index >= 15 is 0 Å². The summed E-state index contributed by atoms with van der Waals surface area (Å²) in [6, 6.07) is -0.698. The van der Waals surface area contributed by atoms with E-state index < -0.39 is 29.8 Å². The van der Waals surface area contributed by atoms with Crippen molar-refractivity contribution in [1.29, 1.82) is 0 Å². The number of alkyl halides is 1. The van der Waals surface area contributed by atoms with Gasteiger partial charge in [-0.2, -0.15) is 0 Å². The maximum absolute atomic E-state index is 11.1. The summed E-state index contributed by atoms with van der Waals surface area (Å²) in [5.74, 6) is -2.61. The molecular weight excluding hydrogens is 198 g/mol. The number of amides is 3. The molecule has 0 radical (unpaired) electrons. The van der Waals surface area contributed by atoms with Crippen molar-refractivity contribution in [2.45, 2.75) is 6.17 Å². The summed E-state index contributed by atoms with van der Waals surface area (Å²) in [6.07, 6.45) is -0.993. The first-order valence-electron chi connectivity index (χ1n) is 3.52. The number of hydrogen-bond acceptors (Lipinski definition) is 4. The summed E-state index contributed by atoms with van der Waals surface area (Å²) in [4.78, 5) is 32.8. The lowest BCUT2D eigenvalue weighted by molar-refractivity contribution is -0.134. The topological polar surface area (TPSA) is 101 Å². The molecule has 0 aromatic heterocycles. The molecule has 0 spiro atoms. The van der Waals surface area contributed by atoms with Gasteiger partial charge in [-0.15, -0.1) is 11.6 Å². The third-order valence-corrected chi connectivity index (χ3v) is 1.92. The second-order valence-corrected chi connectivity index (χ2v) is 2.83. The van der Waals surface area contributed by atoms with Gasteiger partial charge >= 0.3 is 6.03 Å². The zero-order chi connectivity index (χ0) is 10.0. The standard InChI is InChI=1S/C6H8ClN3O3/c7-1-2(11)3-4(8)9-6(13)10-5(3)12/h3-4H,1,8H2,(H2,9,10,12,13). The number of imide groups is 1. The van der Waals surface area contributed by atoms with Gasteiger partial charge in [-0.05, 0) is 0 Å². The van der Waals surface area contributed by atoms with Crippen molar-refractivity contribution in [2.75, 3.05) is 5.88 Å². The van der Waals surface area contributed by atoms with E-state index in [1.165, 1.54) is 0 Å². The molecule has 0 aromatic carbocycles. The van der Waals surface area contributed by atoms with E-state index in [4.69, 9.17) is 17.3 Å². The molecule has 4 N–H and O–H groups in total. The molecule has 72 valence electrons. The Morgan fingerprint density at radius 1 is 1.54 bits per heavy atom. The molecule has 0 aliphatic carbocycles. The summed E-state index contributed by atoms with van der Waals surface area (Å²) in [5, 5.41) is 4.13. The van der Waals surface area contributed by atoms with Crippen LogP contribution < -0.4 is 16.4 Å². The lowest BCUT2D eigenvalue weighted by Gasteiger charge is -2.26. The molecule has 1 aliphatic heterocycles. The van der Waals surface area contributed by atoms with Crippen molar-refractivity contribution >= 4 is 29.3 Å². The van der Waals surface area contributed by atoms with E-state index in [1.807, 2.05) is 5.32 Å². The highest BCUT2D eigenvalue weighted by atomic mass is 35.5. The number of Topliss-reactive ketones (excluding diaryl/α,β-unsaturated/α-hetero) is 1. The summed E-state index contributed by atoms with van der Waals surface area (Å²) in [7, 11) is 0. The van der Waals surface area contributed by atoms with Gasteiger partial charge in [0, 0.05) is 0 Å². The largest absolute Gasteiger partial charge is 0.322 e. The third kappa shape index (κ3) is 1.96. The highest BCUT2D eigenvalue weighted by Gasteiger charge is 2.37. The zero-order valence-corrected chi connectivity index (χ0v) is 7.30.